The van der Waals surface area contributed by atoms with Crippen LogP contribution in [0.25, 0.3) is 21.5 Å². The van der Waals surface area contributed by atoms with E-state index in [1.807, 2.05) is 55.4 Å². The van der Waals surface area contributed by atoms with Gasteiger partial charge in [-0.15, -0.1) is 0 Å². The third kappa shape index (κ3) is 4.56. The van der Waals surface area contributed by atoms with E-state index in [0.29, 0.717) is 22.0 Å². The van der Waals surface area contributed by atoms with Gasteiger partial charge in [-0.05, 0) is 41.1 Å². The summed E-state index contributed by atoms with van der Waals surface area (Å²) in [5, 5.41) is 26.6. The molecular weight excluding hydrogens is 498 g/mol. The van der Waals surface area contributed by atoms with Crippen molar-refractivity contribution in [3.63, 3.8) is 0 Å². The summed E-state index contributed by atoms with van der Waals surface area (Å²) in [7, 11) is -0.453. The zero-order valence-corrected chi connectivity index (χ0v) is 21.6. The van der Waals surface area contributed by atoms with Crippen molar-refractivity contribution in [3.05, 3.63) is 103 Å². The first-order chi connectivity index (χ1) is 18.3. The highest BCUT2D eigenvalue weighted by atomic mass is 32.2. The van der Waals surface area contributed by atoms with Crippen LogP contribution in [0, 0.1) is 11.3 Å². The second-order valence-electron chi connectivity index (χ2n) is 8.98. The maximum Gasteiger partial charge on any atom is 0.339 e. The number of phenols is 1. The third-order valence-electron chi connectivity index (χ3n) is 6.36. The lowest BCUT2D eigenvalue weighted by Crippen LogP contribution is -2.14. The summed E-state index contributed by atoms with van der Waals surface area (Å²) in [6.07, 6.45) is 0. The molecular formula is C30H25N3O4S. The number of benzene rings is 5. The normalized spacial score (nSPS) is 12.1. The number of nitrogens with one attached hydrogen (secondary N) is 1. The topological polar surface area (TPSA) is 103 Å². The first-order valence-corrected chi connectivity index (χ1v) is 13.3. The molecule has 2 N–H and O–H groups in total. The van der Waals surface area contributed by atoms with Gasteiger partial charge in [0.05, 0.1) is 11.8 Å². The molecule has 0 saturated heterocycles. The highest BCUT2D eigenvalue weighted by Crippen LogP contribution is 2.37. The Labute approximate surface area is 221 Å². The fourth-order valence-electron chi connectivity index (χ4n) is 4.61. The maximum atomic E-state index is 13.5. The Kier molecular flexibility index (Phi) is 6.53. The standard InChI is InChI=1S/C30H25N3O4S/c1-33(2)26-14-7-12-23-22(26)11-8-16-29(23)38(35,36)37-28-15-6-5-13-24(28)32-25(19-31)30-21-10-4-3-9-20(21)17-18-27(30)34/h3-18,25,32,34H,1-2H3. The van der Waals surface area contributed by atoms with Crippen molar-refractivity contribution >= 4 is 43.0 Å². The summed E-state index contributed by atoms with van der Waals surface area (Å²) in [6, 6.07) is 29.0. The van der Waals surface area contributed by atoms with Crippen LogP contribution in [0.15, 0.2) is 102 Å². The molecule has 1 atom stereocenters. The molecule has 5 aromatic carbocycles. The molecule has 5 aromatic rings. The van der Waals surface area contributed by atoms with Crippen LogP contribution in [0.1, 0.15) is 11.6 Å². The number of nitriles is 1. The van der Waals surface area contributed by atoms with Crippen LogP contribution < -0.4 is 14.4 Å². The van der Waals surface area contributed by atoms with Gasteiger partial charge in [0.1, 0.15) is 16.7 Å². The first kappa shape index (κ1) is 24.9. The zero-order chi connectivity index (χ0) is 26.9. The van der Waals surface area contributed by atoms with Crippen LogP contribution in [0.2, 0.25) is 0 Å². The number of phenolic OH excluding ortho intramolecular Hbond substituents is 1. The van der Waals surface area contributed by atoms with Crippen molar-refractivity contribution in [2.45, 2.75) is 10.9 Å². The Morgan fingerprint density at radius 2 is 1.53 bits per heavy atom. The van der Waals surface area contributed by atoms with Crippen molar-refractivity contribution in [1.29, 1.82) is 5.26 Å². The molecule has 0 aliphatic rings. The van der Waals surface area contributed by atoms with Crippen LogP contribution in [-0.2, 0) is 10.1 Å². The predicted octanol–water partition coefficient (Wildman–Crippen LogP) is 6.21. The number of hydrogen-bond acceptors (Lipinski definition) is 7. The molecule has 0 bridgehead atoms. The van der Waals surface area contributed by atoms with Crippen LogP contribution in [0.4, 0.5) is 11.4 Å². The van der Waals surface area contributed by atoms with Gasteiger partial charge in [-0.2, -0.15) is 13.7 Å². The van der Waals surface area contributed by atoms with E-state index in [1.54, 1.807) is 48.5 Å². The van der Waals surface area contributed by atoms with Crippen molar-refractivity contribution in [1.82, 2.24) is 0 Å². The summed E-state index contributed by atoms with van der Waals surface area (Å²) in [5.41, 5.74) is 1.58. The van der Waals surface area contributed by atoms with E-state index >= 15 is 0 Å². The fourth-order valence-corrected chi connectivity index (χ4v) is 5.77. The lowest BCUT2D eigenvalue weighted by Gasteiger charge is -2.20. The molecule has 0 aliphatic heterocycles. The summed E-state index contributed by atoms with van der Waals surface area (Å²) >= 11 is 0. The van der Waals surface area contributed by atoms with Crippen LogP contribution in [-0.4, -0.2) is 27.6 Å². The second-order valence-corrected chi connectivity index (χ2v) is 10.5. The number of fused-ring (bicyclic) bond motifs is 2. The average Bonchev–Trinajstić information content (AvgIpc) is 2.92. The summed E-state index contributed by atoms with van der Waals surface area (Å²) in [4.78, 5) is 1.96. The number of hydrogen-bond donors (Lipinski definition) is 2. The van der Waals surface area contributed by atoms with Crippen LogP contribution in [0.3, 0.4) is 0 Å². The molecule has 0 aliphatic carbocycles. The van der Waals surface area contributed by atoms with Crippen molar-refractivity contribution < 1.29 is 17.7 Å². The number of aromatic hydroxyl groups is 1. The lowest BCUT2D eigenvalue weighted by atomic mass is 9.98. The molecule has 0 radical (unpaired) electrons. The Morgan fingerprint density at radius 1 is 0.842 bits per heavy atom. The minimum Gasteiger partial charge on any atom is -0.508 e. The van der Waals surface area contributed by atoms with E-state index in [4.69, 9.17) is 4.18 Å². The lowest BCUT2D eigenvalue weighted by molar-refractivity contribution is 0.468. The maximum absolute atomic E-state index is 13.5. The van der Waals surface area contributed by atoms with Crippen LogP contribution in [0.5, 0.6) is 11.5 Å². The van der Waals surface area contributed by atoms with Gasteiger partial charge in [-0.25, -0.2) is 0 Å². The van der Waals surface area contributed by atoms with Gasteiger partial charge in [0.25, 0.3) is 0 Å². The van der Waals surface area contributed by atoms with E-state index in [0.717, 1.165) is 16.5 Å². The van der Waals surface area contributed by atoms with Gasteiger partial charge < -0.3 is 19.5 Å². The molecule has 7 nitrogen and oxygen atoms in total. The molecule has 0 fully saturated rings. The smallest absolute Gasteiger partial charge is 0.339 e. The number of para-hydroxylation sites is 2. The quantitative estimate of drug-likeness (QED) is 0.245. The Balaban J connectivity index is 1.53. The van der Waals surface area contributed by atoms with Crippen molar-refractivity contribution in [2.24, 2.45) is 0 Å². The molecule has 190 valence electrons. The molecule has 38 heavy (non-hydrogen) atoms. The zero-order valence-electron chi connectivity index (χ0n) is 20.8. The Bertz CT molecular complexity index is 1810. The first-order valence-electron chi connectivity index (χ1n) is 11.9. The van der Waals surface area contributed by atoms with Gasteiger partial charge in [-0.3, -0.25) is 0 Å². The van der Waals surface area contributed by atoms with Crippen molar-refractivity contribution in [3.8, 4) is 17.6 Å². The number of nitrogens with zero attached hydrogens (tertiary/aromatic N) is 2. The second kappa shape index (κ2) is 9.96. The third-order valence-corrected chi connectivity index (χ3v) is 7.66. The molecule has 0 aromatic heterocycles. The van der Waals surface area contributed by atoms with Gasteiger partial charge in [0.15, 0.2) is 5.75 Å². The molecule has 0 heterocycles. The largest absolute Gasteiger partial charge is 0.508 e. The molecule has 0 spiro atoms. The summed E-state index contributed by atoms with van der Waals surface area (Å²) < 4.78 is 32.7. The predicted molar refractivity (Wildman–Crippen MR) is 150 cm³/mol. The SMILES string of the molecule is CN(C)c1cccc2c(S(=O)(=O)Oc3ccccc3NC(C#N)c3c(O)ccc4ccccc34)cccc12. The van der Waals surface area contributed by atoms with Gasteiger partial charge in [0, 0.05) is 36.1 Å². The highest BCUT2D eigenvalue weighted by Gasteiger charge is 2.24. The van der Waals surface area contributed by atoms with E-state index in [-0.39, 0.29) is 16.4 Å². The average molecular weight is 524 g/mol. The van der Waals surface area contributed by atoms with Crippen LogP contribution >= 0.6 is 0 Å². The van der Waals surface area contributed by atoms with Gasteiger partial charge >= 0.3 is 10.1 Å². The minimum absolute atomic E-state index is 0.0354. The van der Waals surface area contributed by atoms with E-state index < -0.39 is 16.2 Å². The fraction of sp³-hybridized carbons (Fsp3) is 0.100. The molecule has 5 rings (SSSR count). The molecule has 8 heteroatoms. The number of anilines is 2. The van der Waals surface area contributed by atoms with E-state index in [9.17, 15) is 18.8 Å². The Hall–Kier alpha value is -4.74. The minimum atomic E-state index is -4.25. The monoisotopic (exact) mass is 523 g/mol. The summed E-state index contributed by atoms with van der Waals surface area (Å²) in [5.74, 6) is -0.00512. The molecule has 0 saturated carbocycles. The highest BCUT2D eigenvalue weighted by molar-refractivity contribution is 7.87. The van der Waals surface area contributed by atoms with E-state index in [1.165, 1.54) is 12.1 Å². The molecule has 0 amide bonds. The van der Waals surface area contributed by atoms with Gasteiger partial charge in [-0.1, -0.05) is 66.7 Å². The van der Waals surface area contributed by atoms with Crippen molar-refractivity contribution in [2.75, 3.05) is 24.3 Å². The van der Waals surface area contributed by atoms with Gasteiger partial charge in [0.2, 0.25) is 0 Å². The summed E-state index contributed by atoms with van der Waals surface area (Å²) in [6.45, 7) is 0. The van der Waals surface area contributed by atoms with E-state index in [2.05, 4.69) is 11.4 Å². The Morgan fingerprint density at radius 3 is 2.32 bits per heavy atom. The molecule has 1 unspecified atom stereocenters. The number of rotatable bonds is 7.